The van der Waals surface area contributed by atoms with Gasteiger partial charge >= 0.3 is 0 Å². The Labute approximate surface area is 335 Å². The first-order valence-electron chi connectivity index (χ1n) is 20.1. The molecule has 2 bridgehead atoms. The maximum Gasteiger partial charge on any atom is 0.286 e. The third-order valence-electron chi connectivity index (χ3n) is 13.3. The summed E-state index contributed by atoms with van der Waals surface area (Å²) >= 11 is 6.50. The van der Waals surface area contributed by atoms with Crippen LogP contribution < -0.4 is 19.1 Å². The molecule has 12 nitrogen and oxygen atoms in total. The number of benzene rings is 2. The minimum absolute atomic E-state index is 0.0195. The number of nitrogens with one attached hydrogen (secondary N) is 1. The lowest BCUT2D eigenvalue weighted by atomic mass is 9.66. The van der Waals surface area contributed by atoms with Gasteiger partial charge in [-0.05, 0) is 110 Å². The summed E-state index contributed by atoms with van der Waals surface area (Å²) in [6.07, 6.45) is 8.12. The number of hydrogen-bond acceptors (Lipinski definition) is 9. The second-order valence-electron chi connectivity index (χ2n) is 16.8. The maximum atomic E-state index is 15.1. The minimum Gasteiger partial charge on any atom is -0.490 e. The van der Waals surface area contributed by atoms with Gasteiger partial charge in [-0.3, -0.25) is 19.0 Å². The van der Waals surface area contributed by atoms with E-state index in [-0.39, 0.29) is 52.2 Å². The number of aromatic nitrogens is 2. The van der Waals surface area contributed by atoms with Crippen LogP contribution in [-0.2, 0) is 38.3 Å². The molecule has 1 saturated carbocycles. The van der Waals surface area contributed by atoms with Crippen LogP contribution in [-0.4, -0.2) is 84.3 Å². The molecule has 0 radical (unpaired) electrons. The Hall–Kier alpha value is -3.65. The predicted octanol–water partition coefficient (Wildman–Crippen LogP) is 6.63. The lowest BCUT2D eigenvalue weighted by Crippen LogP contribution is -2.50. The molecule has 5 aliphatic rings. The highest BCUT2D eigenvalue weighted by atomic mass is 35.5. The van der Waals surface area contributed by atoms with Gasteiger partial charge in [0.1, 0.15) is 21.2 Å². The Bertz CT molecular complexity index is 2120. The summed E-state index contributed by atoms with van der Waals surface area (Å²) in [5, 5.41) is 4.93. The third kappa shape index (κ3) is 7.33. The molecular weight excluding hydrogens is 754 g/mol. The lowest BCUT2D eigenvalue weighted by Gasteiger charge is -2.47. The number of halogens is 1. The number of nitrogens with zero attached hydrogens (tertiary/aromatic N) is 4. The number of rotatable bonds is 5. The van der Waals surface area contributed by atoms with Crippen LogP contribution in [0.2, 0.25) is 5.02 Å². The van der Waals surface area contributed by atoms with Gasteiger partial charge in [0.2, 0.25) is 5.88 Å². The average molecular weight is 808 g/mol. The molecule has 2 fully saturated rings. The number of amides is 2. The molecule has 56 heavy (non-hydrogen) atoms. The Kier molecular flexibility index (Phi) is 10.9. The molecule has 14 heteroatoms. The Morgan fingerprint density at radius 3 is 2.75 bits per heavy atom. The van der Waals surface area contributed by atoms with E-state index in [2.05, 4.69) is 38.1 Å². The molecule has 1 saturated heterocycles. The SMILES string of the molecule is CCC1CO[C@@H]2[C@H](C)C[S@@](=O)(NC(=O)c3cn(C)nc3OC)=NC(=O)c3ccc4c(c3)N(C[C@@H]3CC[C@H]3[C@@H](OC)C[C@@H]12)C[C@@]1(CCCc2cc(Cl)ccc21)CO4. The molecule has 1 aromatic heterocycles. The molecule has 3 aromatic rings. The van der Waals surface area contributed by atoms with Crippen molar-refractivity contribution in [2.24, 2.45) is 41.0 Å². The molecule has 1 unspecified atom stereocenters. The molecule has 3 aliphatic heterocycles. The number of aryl methyl sites for hydroxylation is 2. The summed E-state index contributed by atoms with van der Waals surface area (Å²) in [6.45, 7) is 6.74. The standard InChI is InChI=1S/C42H54ClN5O7S/c1-6-26-21-54-38-25(2)22-56(51,46-40(50)33-20-47(3)44-41(33)53-5)45-39(49)28-10-14-36-35(17-28)48(19-29-9-12-31(29)37(52-4)18-32(26)38)23-42(24-55-36)15-7-8-27-16-30(43)11-13-34(27)42/h10-11,13-14,16-17,20,25-26,29,31-32,37-38H,6-9,12,15,18-19,21-24H2,1-5H3,(H,45,46,49,50,51)/t25-,26?,29+,31-,32+,37+,38-,42+,56+/m1/s1. The van der Waals surface area contributed by atoms with Crippen LogP contribution in [0.1, 0.15) is 84.2 Å². The quantitative estimate of drug-likeness (QED) is 0.302. The zero-order valence-corrected chi connectivity index (χ0v) is 34.6. The molecule has 2 aliphatic carbocycles. The van der Waals surface area contributed by atoms with Gasteiger partial charge < -0.3 is 23.8 Å². The van der Waals surface area contributed by atoms with E-state index in [4.69, 9.17) is 30.5 Å². The van der Waals surface area contributed by atoms with Crippen molar-refractivity contribution in [1.29, 1.82) is 0 Å². The fourth-order valence-electron chi connectivity index (χ4n) is 10.4. The fourth-order valence-corrected chi connectivity index (χ4v) is 12.4. The number of fused-ring (bicyclic) bond motifs is 5. The Morgan fingerprint density at radius 2 is 2.00 bits per heavy atom. The van der Waals surface area contributed by atoms with E-state index in [1.54, 1.807) is 13.1 Å². The van der Waals surface area contributed by atoms with Crippen molar-refractivity contribution in [3.63, 3.8) is 0 Å². The van der Waals surface area contributed by atoms with Crippen molar-refractivity contribution >= 4 is 39.0 Å². The van der Waals surface area contributed by atoms with Crippen molar-refractivity contribution in [2.75, 3.05) is 51.2 Å². The molecule has 4 heterocycles. The predicted molar refractivity (Wildman–Crippen MR) is 215 cm³/mol. The largest absolute Gasteiger partial charge is 0.490 e. The number of methoxy groups -OCH3 is 2. The average Bonchev–Trinajstić information content (AvgIpc) is 3.72. The molecule has 2 aromatic carbocycles. The van der Waals surface area contributed by atoms with Gasteiger partial charge in [-0.2, -0.15) is 0 Å². The summed E-state index contributed by atoms with van der Waals surface area (Å²) in [7, 11) is 1.20. The smallest absolute Gasteiger partial charge is 0.286 e. The maximum absolute atomic E-state index is 15.1. The normalized spacial score (nSPS) is 32.9. The minimum atomic E-state index is -3.70. The van der Waals surface area contributed by atoms with Crippen molar-refractivity contribution < 1.29 is 32.7 Å². The van der Waals surface area contributed by atoms with Gasteiger partial charge in [0.15, 0.2) is 0 Å². The Balaban J connectivity index is 1.23. The summed E-state index contributed by atoms with van der Waals surface area (Å²) in [5.74, 6) is 0.188. The van der Waals surface area contributed by atoms with Crippen molar-refractivity contribution in [1.82, 2.24) is 14.5 Å². The van der Waals surface area contributed by atoms with Gasteiger partial charge in [0.25, 0.3) is 11.8 Å². The van der Waals surface area contributed by atoms with Crippen LogP contribution in [0.15, 0.2) is 47.0 Å². The van der Waals surface area contributed by atoms with E-state index in [1.807, 2.05) is 32.2 Å². The van der Waals surface area contributed by atoms with Gasteiger partial charge in [0.05, 0.1) is 44.0 Å². The van der Waals surface area contributed by atoms with Gasteiger partial charge in [-0.15, -0.1) is 9.46 Å². The molecule has 302 valence electrons. The van der Waals surface area contributed by atoms with E-state index in [1.165, 1.54) is 29.1 Å². The number of anilines is 1. The highest BCUT2D eigenvalue weighted by molar-refractivity contribution is 7.92. The third-order valence-corrected chi connectivity index (χ3v) is 15.5. The summed E-state index contributed by atoms with van der Waals surface area (Å²) in [4.78, 5) is 30.5. The van der Waals surface area contributed by atoms with Crippen LogP contribution in [0.25, 0.3) is 0 Å². The highest BCUT2D eigenvalue weighted by Gasteiger charge is 2.47. The molecule has 2 amide bonds. The lowest BCUT2D eigenvalue weighted by molar-refractivity contribution is -0.0424. The van der Waals surface area contributed by atoms with Crippen LogP contribution in [0, 0.1) is 29.6 Å². The van der Waals surface area contributed by atoms with Gasteiger partial charge in [0, 0.05) is 49.4 Å². The van der Waals surface area contributed by atoms with Crippen LogP contribution in [0.3, 0.4) is 0 Å². The van der Waals surface area contributed by atoms with Crippen LogP contribution in [0.5, 0.6) is 11.6 Å². The zero-order chi connectivity index (χ0) is 39.4. The van der Waals surface area contributed by atoms with E-state index in [9.17, 15) is 9.59 Å². The first-order chi connectivity index (χ1) is 26.9. The fraction of sp³-hybridized carbons (Fsp3) is 0.595. The number of ether oxygens (including phenoxy) is 4. The molecule has 9 atom stereocenters. The molecular formula is C42H54ClN5O7S. The first kappa shape index (κ1) is 39.2. The second-order valence-corrected chi connectivity index (χ2v) is 19.2. The van der Waals surface area contributed by atoms with Gasteiger partial charge in [-0.25, -0.2) is 4.21 Å². The summed E-state index contributed by atoms with van der Waals surface area (Å²) in [6, 6.07) is 11.6. The Morgan fingerprint density at radius 1 is 1.16 bits per heavy atom. The van der Waals surface area contributed by atoms with E-state index in [0.29, 0.717) is 43.3 Å². The van der Waals surface area contributed by atoms with Crippen molar-refractivity contribution in [2.45, 2.75) is 76.4 Å². The monoisotopic (exact) mass is 807 g/mol. The van der Waals surface area contributed by atoms with E-state index < -0.39 is 21.7 Å². The summed E-state index contributed by atoms with van der Waals surface area (Å²) in [5.41, 5.74) is 3.43. The second kappa shape index (κ2) is 15.6. The van der Waals surface area contributed by atoms with Crippen LogP contribution in [0.4, 0.5) is 5.69 Å². The number of carbonyl (C=O) groups excluding carboxylic acids is 2. The molecule has 1 spiro atoms. The number of carbonyl (C=O) groups is 2. The van der Waals surface area contributed by atoms with Crippen molar-refractivity contribution in [3.8, 4) is 11.6 Å². The first-order valence-corrected chi connectivity index (χ1v) is 22.1. The van der Waals surface area contributed by atoms with E-state index in [0.717, 1.165) is 62.2 Å². The number of hydrogen-bond donors (Lipinski definition) is 1. The topological polar surface area (TPSA) is 134 Å². The van der Waals surface area contributed by atoms with Gasteiger partial charge in [-0.1, -0.05) is 37.9 Å². The molecule has 1 N–H and O–H groups in total. The highest BCUT2D eigenvalue weighted by Crippen LogP contribution is 2.48. The van der Waals surface area contributed by atoms with Crippen LogP contribution >= 0.6 is 11.6 Å². The van der Waals surface area contributed by atoms with Crippen molar-refractivity contribution in [3.05, 3.63) is 69.9 Å². The summed E-state index contributed by atoms with van der Waals surface area (Å²) < 4.78 is 48.5. The zero-order valence-electron chi connectivity index (χ0n) is 33.0. The molecule has 8 rings (SSSR count). The van der Waals surface area contributed by atoms with E-state index >= 15 is 4.21 Å².